The van der Waals surface area contributed by atoms with Crippen LogP contribution in [0.15, 0.2) is 4.74 Å². The Bertz CT molecular complexity index is 71.9. The summed E-state index contributed by atoms with van der Waals surface area (Å²) in [6, 6.07) is 0. The first-order chi connectivity index (χ1) is 5.91. The predicted molar refractivity (Wildman–Crippen MR) is 60.2 cm³/mol. The molecule has 74 valence electrons. The summed E-state index contributed by atoms with van der Waals surface area (Å²) in [7, 11) is 1.32. The molecule has 0 atom stereocenters. The van der Waals surface area contributed by atoms with Gasteiger partial charge in [0.25, 0.3) is 0 Å². The molecule has 0 unspecified atom stereocenters. The van der Waals surface area contributed by atoms with Gasteiger partial charge in [0.15, 0.2) is 0 Å². The smallest absolute Gasteiger partial charge is 0.0433 e. The number of hydrogen-bond acceptors (Lipinski definition) is 1. The number of hydrogen-bond donors (Lipinski definition) is 0. The van der Waals surface area contributed by atoms with Crippen LogP contribution >= 0.6 is 8.37 Å². The summed E-state index contributed by atoms with van der Waals surface area (Å²) in [5.74, 6) is 0. The van der Waals surface area contributed by atoms with E-state index < -0.39 is 0 Å². The van der Waals surface area contributed by atoms with Gasteiger partial charge in [-0.15, -0.1) is 0 Å². The quantitative estimate of drug-likeness (QED) is 0.528. The zero-order chi connectivity index (χ0) is 9.66. The molecule has 0 aromatic heterocycles. The van der Waals surface area contributed by atoms with E-state index in [1.807, 2.05) is 13.8 Å². The second-order valence-corrected chi connectivity index (χ2v) is 3.45. The molecular formula is C10H24NP. The maximum absolute atomic E-state index is 4.15. The van der Waals surface area contributed by atoms with Gasteiger partial charge in [0.2, 0.25) is 0 Å². The first-order valence-corrected chi connectivity index (χ1v) is 6.28. The van der Waals surface area contributed by atoms with Crippen molar-refractivity contribution in [3.63, 3.8) is 0 Å². The van der Waals surface area contributed by atoms with Gasteiger partial charge in [-0.2, -0.15) is 0 Å². The average Bonchev–Trinajstić information content (AvgIpc) is 2.24. The fourth-order valence-corrected chi connectivity index (χ4v) is 1.30. The number of unbranched alkanes of at least 4 members (excludes halogenated alkanes) is 1. The van der Waals surface area contributed by atoms with Crippen LogP contribution in [0.3, 0.4) is 0 Å². The lowest BCUT2D eigenvalue weighted by Crippen LogP contribution is -1.84. The molecule has 0 bridgehead atoms. The van der Waals surface area contributed by atoms with Crippen molar-refractivity contribution in [2.75, 3.05) is 12.7 Å². The van der Waals surface area contributed by atoms with E-state index in [0.29, 0.717) is 0 Å². The molecule has 1 rings (SSSR count). The summed E-state index contributed by atoms with van der Waals surface area (Å²) < 4.78 is 4.15. The Balaban J connectivity index is 0. The lowest BCUT2D eigenvalue weighted by Gasteiger charge is -1.96. The van der Waals surface area contributed by atoms with Gasteiger partial charge in [-0.05, 0) is 12.8 Å². The van der Waals surface area contributed by atoms with Gasteiger partial charge in [-0.25, -0.2) is 0 Å². The van der Waals surface area contributed by atoms with E-state index in [2.05, 4.69) is 18.6 Å². The molecule has 12 heavy (non-hydrogen) atoms. The molecular weight excluding hydrogens is 165 g/mol. The van der Waals surface area contributed by atoms with Gasteiger partial charge in [0.05, 0.1) is 0 Å². The third-order valence-corrected chi connectivity index (χ3v) is 2.28. The van der Waals surface area contributed by atoms with Crippen LogP contribution in [0, 0.1) is 0 Å². The van der Waals surface area contributed by atoms with Crippen molar-refractivity contribution in [2.45, 2.75) is 53.4 Å². The largest absolute Gasteiger partial charge is 0.269 e. The molecule has 2 heteroatoms. The minimum Gasteiger partial charge on any atom is -0.269 e. The number of rotatable bonds is 1. The minimum atomic E-state index is 1.11. The van der Waals surface area contributed by atoms with Crippen molar-refractivity contribution in [2.24, 2.45) is 4.74 Å². The van der Waals surface area contributed by atoms with Crippen LogP contribution in [0.4, 0.5) is 0 Å². The summed E-state index contributed by atoms with van der Waals surface area (Å²) in [5.41, 5.74) is 0. The monoisotopic (exact) mass is 189 g/mol. The van der Waals surface area contributed by atoms with Crippen LogP contribution in [-0.2, 0) is 0 Å². The van der Waals surface area contributed by atoms with E-state index in [1.165, 1.54) is 40.2 Å². The third kappa shape index (κ3) is 16.6. The van der Waals surface area contributed by atoms with E-state index in [4.69, 9.17) is 0 Å². The molecule has 0 N–H and O–H groups in total. The van der Waals surface area contributed by atoms with Crippen LogP contribution in [0.2, 0.25) is 0 Å². The van der Waals surface area contributed by atoms with Crippen molar-refractivity contribution < 1.29 is 0 Å². The normalized spacial score (nSPS) is 15.0. The Morgan fingerprint density at radius 1 is 1.08 bits per heavy atom. The molecule has 0 saturated heterocycles. The molecule has 0 spiro atoms. The van der Waals surface area contributed by atoms with Gasteiger partial charge >= 0.3 is 0 Å². The first-order valence-electron chi connectivity index (χ1n) is 5.25. The van der Waals surface area contributed by atoms with Crippen LogP contribution in [-0.4, -0.2) is 12.7 Å². The van der Waals surface area contributed by atoms with Crippen LogP contribution in [0.5, 0.6) is 0 Å². The molecule has 0 fully saturated rings. The maximum atomic E-state index is 4.15. The molecule has 1 nitrogen and oxygen atoms in total. The Morgan fingerprint density at radius 2 is 1.67 bits per heavy atom. The van der Waals surface area contributed by atoms with Crippen molar-refractivity contribution >= 4 is 8.37 Å². The van der Waals surface area contributed by atoms with Crippen LogP contribution in [0.25, 0.3) is 0 Å². The molecule has 0 saturated carbocycles. The Hall–Kier alpha value is 0.100. The van der Waals surface area contributed by atoms with Gasteiger partial charge in [-0.3, -0.25) is 4.74 Å². The van der Waals surface area contributed by atoms with Gasteiger partial charge < -0.3 is 0 Å². The first kappa shape index (κ1) is 14.6. The van der Waals surface area contributed by atoms with Crippen LogP contribution < -0.4 is 0 Å². The third-order valence-electron chi connectivity index (χ3n) is 1.37. The molecule has 0 radical (unpaired) electrons. The van der Waals surface area contributed by atoms with E-state index in [9.17, 15) is 0 Å². The van der Waals surface area contributed by atoms with E-state index in [-0.39, 0.29) is 0 Å². The standard InChI is InChI=1S/C4H8NP.C4H10.C2H6/c1-2-4-6-5-3-1;1-3-4-2;1-2/h1-4H2;3-4H2,1-2H3;1-2H3. The summed E-state index contributed by atoms with van der Waals surface area (Å²) >= 11 is 0. The zero-order valence-corrected chi connectivity index (χ0v) is 10.0. The van der Waals surface area contributed by atoms with E-state index in [1.54, 1.807) is 0 Å². The summed E-state index contributed by atoms with van der Waals surface area (Å²) in [6.45, 7) is 9.47. The Kier molecular flexibility index (Phi) is 21.0. The highest BCUT2D eigenvalue weighted by atomic mass is 31.1. The molecule has 0 aliphatic carbocycles. The SMILES string of the molecule is C1CCP=NC1.CC.CCCC. The molecule has 0 aromatic rings. The summed E-state index contributed by atoms with van der Waals surface area (Å²) in [5, 5.41) is 0. The second kappa shape index (κ2) is 17.3. The van der Waals surface area contributed by atoms with Crippen molar-refractivity contribution in [1.29, 1.82) is 0 Å². The highest BCUT2D eigenvalue weighted by Gasteiger charge is 1.88. The van der Waals surface area contributed by atoms with Gasteiger partial charge in [0.1, 0.15) is 0 Å². The zero-order valence-electron chi connectivity index (χ0n) is 9.14. The Labute approximate surface area is 79.8 Å². The topological polar surface area (TPSA) is 12.4 Å². The predicted octanol–water partition coefficient (Wildman–Crippen LogP) is 4.74. The van der Waals surface area contributed by atoms with E-state index >= 15 is 0 Å². The summed E-state index contributed by atoms with van der Waals surface area (Å²) in [6.07, 6.45) is 6.66. The fourth-order valence-electron chi connectivity index (χ4n) is 0.506. The van der Waals surface area contributed by atoms with Gasteiger partial charge in [-0.1, -0.05) is 40.5 Å². The lowest BCUT2D eigenvalue weighted by atomic mass is 10.3. The molecule has 1 aliphatic rings. The lowest BCUT2D eigenvalue weighted by molar-refractivity contribution is 0.801. The molecule has 1 heterocycles. The molecule has 0 aromatic carbocycles. The van der Waals surface area contributed by atoms with Crippen molar-refractivity contribution in [1.82, 2.24) is 0 Å². The molecule has 0 amide bonds. The van der Waals surface area contributed by atoms with Gasteiger partial charge in [0, 0.05) is 21.1 Å². The minimum absolute atomic E-state index is 1.11. The van der Waals surface area contributed by atoms with E-state index in [0.717, 1.165) is 6.54 Å². The van der Waals surface area contributed by atoms with Crippen LogP contribution in [0.1, 0.15) is 53.4 Å². The molecule has 1 aliphatic heterocycles. The maximum Gasteiger partial charge on any atom is 0.0433 e. The fraction of sp³-hybridized carbons (Fsp3) is 1.00. The Morgan fingerprint density at radius 3 is 1.75 bits per heavy atom. The number of nitrogens with zero attached hydrogens (tertiary/aromatic N) is 1. The highest BCUT2D eigenvalue weighted by molar-refractivity contribution is 7.26. The summed E-state index contributed by atoms with van der Waals surface area (Å²) in [4.78, 5) is 0. The van der Waals surface area contributed by atoms with Crippen molar-refractivity contribution in [3.05, 3.63) is 0 Å². The van der Waals surface area contributed by atoms with Crippen molar-refractivity contribution in [3.8, 4) is 0 Å². The second-order valence-electron chi connectivity index (χ2n) is 2.44. The average molecular weight is 189 g/mol. The highest BCUT2D eigenvalue weighted by Crippen LogP contribution is 2.10.